The molecule has 1 saturated heterocycles. The molecule has 2 aromatic rings. The van der Waals surface area contributed by atoms with Gasteiger partial charge in [0, 0.05) is 41.9 Å². The summed E-state index contributed by atoms with van der Waals surface area (Å²) >= 11 is 3.43. The molecule has 0 aromatic heterocycles. The number of carbonyl (C=O) groups is 2. The highest BCUT2D eigenvalue weighted by molar-refractivity contribution is 9.10. The minimum atomic E-state index is -3.87. The highest BCUT2D eigenvalue weighted by Crippen LogP contribution is 2.37. The second kappa shape index (κ2) is 10.1. The van der Waals surface area contributed by atoms with E-state index in [4.69, 9.17) is 4.74 Å². The fraction of sp³-hybridized carbons (Fsp3) is 0.417. The Balaban J connectivity index is 1.53. The van der Waals surface area contributed by atoms with Crippen molar-refractivity contribution in [2.45, 2.75) is 37.5 Å². The quantitative estimate of drug-likeness (QED) is 0.591. The van der Waals surface area contributed by atoms with Gasteiger partial charge in [-0.25, -0.2) is 8.42 Å². The number of methoxy groups -OCH3 is 1. The molecule has 2 aliphatic rings. The maximum absolute atomic E-state index is 13.6. The van der Waals surface area contributed by atoms with Crippen LogP contribution in [-0.4, -0.2) is 51.3 Å². The van der Waals surface area contributed by atoms with E-state index in [1.807, 2.05) is 0 Å². The highest BCUT2D eigenvalue weighted by Gasteiger charge is 2.36. The van der Waals surface area contributed by atoms with Crippen LogP contribution in [0.25, 0.3) is 0 Å². The van der Waals surface area contributed by atoms with Gasteiger partial charge in [0.1, 0.15) is 5.75 Å². The summed E-state index contributed by atoms with van der Waals surface area (Å²) in [5.41, 5.74) is 2.23. The first-order chi connectivity index (χ1) is 16.2. The summed E-state index contributed by atoms with van der Waals surface area (Å²) in [5, 5.41) is 2.88. The van der Waals surface area contributed by atoms with E-state index in [1.165, 1.54) is 4.31 Å². The van der Waals surface area contributed by atoms with Gasteiger partial charge in [-0.05, 0) is 77.2 Å². The van der Waals surface area contributed by atoms with Crippen LogP contribution in [0, 0.1) is 5.92 Å². The minimum Gasteiger partial charge on any atom is -0.497 e. The number of piperidine rings is 1. The third-order valence-corrected chi connectivity index (χ3v) is 9.19. The summed E-state index contributed by atoms with van der Waals surface area (Å²) in [7, 11) is -2.29. The number of amides is 2. The van der Waals surface area contributed by atoms with Gasteiger partial charge < -0.3 is 15.0 Å². The number of benzene rings is 2. The van der Waals surface area contributed by atoms with Gasteiger partial charge in [0.05, 0.1) is 17.9 Å². The van der Waals surface area contributed by atoms with E-state index in [9.17, 15) is 18.0 Å². The SMILES string of the molecule is CCC(=O)N1CCc2cc(Br)c(S(=O)(=O)N3CCCC(C(=O)Nc4ccc(OC)cc4)C3)cc21. The lowest BCUT2D eigenvalue weighted by molar-refractivity contribution is -0.121. The molecule has 0 aliphatic carbocycles. The number of carbonyl (C=O) groups excluding carboxylic acids is 2. The van der Waals surface area contributed by atoms with Crippen LogP contribution in [0.4, 0.5) is 11.4 Å². The maximum Gasteiger partial charge on any atom is 0.244 e. The predicted molar refractivity (Wildman–Crippen MR) is 134 cm³/mol. The second-order valence-electron chi connectivity index (χ2n) is 8.48. The molecule has 2 heterocycles. The van der Waals surface area contributed by atoms with Gasteiger partial charge in [-0.2, -0.15) is 4.31 Å². The number of anilines is 2. The largest absolute Gasteiger partial charge is 0.497 e. The molecule has 4 rings (SSSR count). The molecule has 1 unspecified atom stereocenters. The Morgan fingerprint density at radius 2 is 1.91 bits per heavy atom. The van der Waals surface area contributed by atoms with Crippen LogP contribution in [0.5, 0.6) is 5.75 Å². The van der Waals surface area contributed by atoms with Gasteiger partial charge in [-0.15, -0.1) is 0 Å². The number of rotatable bonds is 6. The van der Waals surface area contributed by atoms with Gasteiger partial charge in [-0.3, -0.25) is 9.59 Å². The Morgan fingerprint density at radius 3 is 2.59 bits per heavy atom. The van der Waals surface area contributed by atoms with Crippen LogP contribution in [0.15, 0.2) is 45.8 Å². The molecule has 34 heavy (non-hydrogen) atoms. The third-order valence-electron chi connectivity index (χ3n) is 6.36. The Morgan fingerprint density at radius 1 is 1.18 bits per heavy atom. The van der Waals surface area contributed by atoms with E-state index in [2.05, 4.69) is 21.2 Å². The summed E-state index contributed by atoms with van der Waals surface area (Å²) < 4.78 is 34.2. The zero-order valence-corrected chi connectivity index (χ0v) is 21.6. The lowest BCUT2D eigenvalue weighted by atomic mass is 9.99. The summed E-state index contributed by atoms with van der Waals surface area (Å²) in [6.07, 6.45) is 2.24. The van der Waals surface area contributed by atoms with Crippen molar-refractivity contribution in [3.63, 3.8) is 0 Å². The van der Waals surface area contributed by atoms with E-state index in [0.29, 0.717) is 60.4 Å². The van der Waals surface area contributed by atoms with Crippen LogP contribution >= 0.6 is 15.9 Å². The third kappa shape index (κ3) is 4.85. The number of hydrogen-bond acceptors (Lipinski definition) is 5. The molecule has 0 saturated carbocycles. The summed E-state index contributed by atoms with van der Waals surface area (Å²) in [6.45, 7) is 2.79. The normalized spacial score (nSPS) is 18.4. The molecule has 10 heteroatoms. The van der Waals surface area contributed by atoms with Crippen LogP contribution in [-0.2, 0) is 26.0 Å². The smallest absolute Gasteiger partial charge is 0.244 e. The molecule has 8 nitrogen and oxygen atoms in total. The average Bonchev–Trinajstić information content (AvgIpc) is 3.26. The molecule has 0 radical (unpaired) electrons. The molecule has 1 fully saturated rings. The second-order valence-corrected chi connectivity index (χ2v) is 11.2. The molecular weight excluding hydrogens is 522 g/mol. The Kier molecular flexibility index (Phi) is 7.30. The molecule has 2 aromatic carbocycles. The van der Waals surface area contributed by atoms with Gasteiger partial charge in [0.2, 0.25) is 21.8 Å². The van der Waals surface area contributed by atoms with E-state index in [-0.39, 0.29) is 23.3 Å². The summed E-state index contributed by atoms with van der Waals surface area (Å²) in [4.78, 5) is 27.0. The average molecular weight is 550 g/mol. The van der Waals surface area contributed by atoms with Crippen LogP contribution in [0.3, 0.4) is 0 Å². The summed E-state index contributed by atoms with van der Waals surface area (Å²) in [5.74, 6) is -0.0143. The minimum absolute atomic E-state index is 0.0299. The van der Waals surface area contributed by atoms with Crippen molar-refractivity contribution in [2.24, 2.45) is 5.92 Å². The van der Waals surface area contributed by atoms with Crippen molar-refractivity contribution in [1.29, 1.82) is 0 Å². The fourth-order valence-corrected chi connectivity index (χ4v) is 7.06. The first-order valence-corrected chi connectivity index (χ1v) is 13.6. The number of halogens is 1. The monoisotopic (exact) mass is 549 g/mol. The number of sulfonamides is 1. The topological polar surface area (TPSA) is 96.0 Å². The Bertz CT molecular complexity index is 1200. The van der Waals surface area contributed by atoms with E-state index in [0.717, 1.165) is 5.56 Å². The van der Waals surface area contributed by atoms with Crippen molar-refractivity contribution < 1.29 is 22.7 Å². The van der Waals surface area contributed by atoms with Crippen LogP contribution in [0.2, 0.25) is 0 Å². The molecule has 0 spiro atoms. The molecular formula is C24H28BrN3O5S. The Hall–Kier alpha value is -2.43. The molecule has 0 bridgehead atoms. The van der Waals surface area contributed by atoms with E-state index >= 15 is 0 Å². The van der Waals surface area contributed by atoms with Crippen molar-refractivity contribution >= 4 is 49.1 Å². The number of fused-ring (bicyclic) bond motifs is 1. The number of ether oxygens (including phenoxy) is 1. The molecule has 1 N–H and O–H groups in total. The van der Waals surface area contributed by atoms with E-state index < -0.39 is 15.9 Å². The molecule has 1 atom stereocenters. The van der Waals surface area contributed by atoms with Gasteiger partial charge >= 0.3 is 0 Å². The standard InChI is InChI=1S/C24H28BrN3O5S/c1-3-23(29)28-12-10-16-13-20(25)22(14-21(16)28)34(31,32)27-11-4-5-17(15-27)24(30)26-18-6-8-19(33-2)9-7-18/h6-9,13-14,17H,3-5,10-12,15H2,1-2H3,(H,26,30). The fourth-order valence-electron chi connectivity index (χ4n) is 4.47. The van der Waals surface area contributed by atoms with Crippen LogP contribution in [0.1, 0.15) is 31.7 Å². The first-order valence-electron chi connectivity index (χ1n) is 11.3. The lowest BCUT2D eigenvalue weighted by Gasteiger charge is -2.31. The Labute approximate surface area is 208 Å². The number of nitrogens with one attached hydrogen (secondary N) is 1. The van der Waals surface area contributed by atoms with Gasteiger partial charge in [0.25, 0.3) is 0 Å². The van der Waals surface area contributed by atoms with Gasteiger partial charge in [0.15, 0.2) is 0 Å². The highest BCUT2D eigenvalue weighted by atomic mass is 79.9. The zero-order chi connectivity index (χ0) is 24.5. The molecule has 2 amide bonds. The number of nitrogens with zero attached hydrogens (tertiary/aromatic N) is 2. The maximum atomic E-state index is 13.6. The lowest BCUT2D eigenvalue weighted by Crippen LogP contribution is -2.43. The summed E-state index contributed by atoms with van der Waals surface area (Å²) in [6, 6.07) is 10.4. The van der Waals surface area contributed by atoms with E-state index in [1.54, 1.807) is 55.3 Å². The number of hydrogen-bond donors (Lipinski definition) is 1. The van der Waals surface area contributed by atoms with Gasteiger partial charge in [-0.1, -0.05) is 6.92 Å². The van der Waals surface area contributed by atoms with Crippen molar-refractivity contribution in [1.82, 2.24) is 4.31 Å². The van der Waals surface area contributed by atoms with Crippen LogP contribution < -0.4 is 15.0 Å². The molecule has 182 valence electrons. The van der Waals surface area contributed by atoms with Crippen molar-refractivity contribution in [3.05, 3.63) is 46.4 Å². The predicted octanol–water partition coefficient (Wildman–Crippen LogP) is 3.80. The van der Waals surface area contributed by atoms with Crippen molar-refractivity contribution in [3.8, 4) is 5.75 Å². The molecule has 2 aliphatic heterocycles. The first kappa shape index (κ1) is 24.7. The zero-order valence-electron chi connectivity index (χ0n) is 19.2. The van der Waals surface area contributed by atoms with Crippen molar-refractivity contribution in [2.75, 3.05) is 37.0 Å².